The van der Waals surface area contributed by atoms with E-state index < -0.39 is 4.92 Å². The van der Waals surface area contributed by atoms with E-state index in [1.807, 2.05) is 18.2 Å². The fourth-order valence-electron chi connectivity index (χ4n) is 1.11. The molecule has 0 saturated heterocycles. The van der Waals surface area contributed by atoms with Crippen molar-refractivity contribution in [2.75, 3.05) is 0 Å². The molecule has 2 aromatic heterocycles. The highest BCUT2D eigenvalue weighted by molar-refractivity contribution is 7.16. The molecule has 0 amide bonds. The lowest BCUT2D eigenvalue weighted by atomic mass is 10.3. The first-order valence-electron chi connectivity index (χ1n) is 4.45. The summed E-state index contributed by atoms with van der Waals surface area (Å²) in [4.78, 5) is 10.9. The highest BCUT2D eigenvalue weighted by Crippen LogP contribution is 2.25. The van der Waals surface area contributed by atoms with Gasteiger partial charge in [-0.25, -0.2) is 0 Å². The molecule has 0 bridgehead atoms. The van der Waals surface area contributed by atoms with Gasteiger partial charge in [-0.05, 0) is 23.8 Å². The van der Waals surface area contributed by atoms with E-state index in [9.17, 15) is 10.1 Å². The molecule has 0 fully saturated rings. The molecular weight excluding hydrogens is 226 g/mol. The summed E-state index contributed by atoms with van der Waals surface area (Å²) in [5.74, 6) is 0. The van der Waals surface area contributed by atoms with E-state index in [0.717, 1.165) is 21.8 Å². The molecular formula is C10H7N3O2S. The van der Waals surface area contributed by atoms with Crippen LogP contribution in [-0.2, 0) is 0 Å². The smallest absolute Gasteiger partial charge is 0.258 e. The van der Waals surface area contributed by atoms with Crippen molar-refractivity contribution in [2.24, 2.45) is 0 Å². The molecule has 0 unspecified atom stereocenters. The monoisotopic (exact) mass is 233 g/mol. The highest BCUT2D eigenvalue weighted by atomic mass is 32.1. The zero-order valence-electron chi connectivity index (χ0n) is 8.11. The van der Waals surface area contributed by atoms with Crippen LogP contribution in [0.1, 0.15) is 10.4 Å². The molecule has 5 nitrogen and oxygen atoms in total. The fraction of sp³-hybridized carbons (Fsp3) is 0. The lowest BCUT2D eigenvalue weighted by molar-refractivity contribution is -0.380. The molecule has 0 aromatic carbocycles. The molecule has 2 aromatic rings. The van der Waals surface area contributed by atoms with E-state index in [2.05, 4.69) is 10.2 Å². The zero-order chi connectivity index (χ0) is 11.4. The first-order valence-corrected chi connectivity index (χ1v) is 5.26. The summed E-state index contributed by atoms with van der Waals surface area (Å²) in [6.07, 6.45) is 6.87. The van der Waals surface area contributed by atoms with Crippen molar-refractivity contribution in [3.8, 4) is 0 Å². The Balaban J connectivity index is 2.15. The summed E-state index contributed by atoms with van der Waals surface area (Å²) in [5, 5.41) is 18.0. The molecule has 0 N–H and O–H groups in total. The summed E-state index contributed by atoms with van der Waals surface area (Å²) < 4.78 is 0. The third kappa shape index (κ3) is 2.48. The van der Waals surface area contributed by atoms with Crippen LogP contribution in [0, 0.1) is 10.1 Å². The molecule has 0 atom stereocenters. The second-order valence-corrected chi connectivity index (χ2v) is 4.04. The number of thiophene rings is 1. The third-order valence-electron chi connectivity index (χ3n) is 1.84. The molecule has 0 spiro atoms. The van der Waals surface area contributed by atoms with Gasteiger partial charge in [0.2, 0.25) is 0 Å². The average molecular weight is 233 g/mol. The van der Waals surface area contributed by atoms with Crippen molar-refractivity contribution in [1.29, 1.82) is 0 Å². The van der Waals surface area contributed by atoms with Crippen molar-refractivity contribution >= 4 is 28.5 Å². The Bertz CT molecular complexity index is 522. The van der Waals surface area contributed by atoms with Crippen LogP contribution in [-0.4, -0.2) is 15.1 Å². The number of hydrogen-bond acceptors (Lipinski definition) is 5. The van der Waals surface area contributed by atoms with Crippen molar-refractivity contribution in [3.05, 3.63) is 51.1 Å². The standard InChI is InChI=1S/C10H7N3O2S/c14-13(15)10-4-3-9(16-10)2-1-8-5-6-11-12-7-8/h1-7H. The van der Waals surface area contributed by atoms with Crippen LogP contribution in [0.15, 0.2) is 30.6 Å². The van der Waals surface area contributed by atoms with Gasteiger partial charge in [0.15, 0.2) is 0 Å². The van der Waals surface area contributed by atoms with Crippen molar-refractivity contribution in [3.63, 3.8) is 0 Å². The van der Waals surface area contributed by atoms with Crippen LogP contribution in [0.5, 0.6) is 0 Å². The molecule has 0 aliphatic carbocycles. The second kappa shape index (κ2) is 4.63. The maximum Gasteiger partial charge on any atom is 0.324 e. The molecule has 0 radical (unpaired) electrons. The molecule has 16 heavy (non-hydrogen) atoms. The SMILES string of the molecule is O=[N+]([O-])c1ccc(C=Cc2ccnnc2)s1. The normalized spacial score (nSPS) is 10.8. The molecule has 0 aliphatic heterocycles. The first kappa shape index (κ1) is 10.4. The minimum absolute atomic E-state index is 0.146. The summed E-state index contributed by atoms with van der Waals surface area (Å²) >= 11 is 1.14. The first-order chi connectivity index (χ1) is 7.75. The number of nitro groups is 1. The van der Waals surface area contributed by atoms with Gasteiger partial charge in [-0.3, -0.25) is 10.1 Å². The van der Waals surface area contributed by atoms with E-state index >= 15 is 0 Å². The topological polar surface area (TPSA) is 68.9 Å². The van der Waals surface area contributed by atoms with Gasteiger partial charge in [-0.2, -0.15) is 10.2 Å². The Kier molecular flexibility index (Phi) is 3.02. The van der Waals surface area contributed by atoms with E-state index in [-0.39, 0.29) is 5.00 Å². The van der Waals surface area contributed by atoms with E-state index in [4.69, 9.17) is 0 Å². The maximum atomic E-state index is 10.5. The molecule has 0 aliphatic rings. The lowest BCUT2D eigenvalue weighted by Gasteiger charge is -1.88. The summed E-state index contributed by atoms with van der Waals surface area (Å²) in [7, 11) is 0. The molecule has 80 valence electrons. The predicted octanol–water partition coefficient (Wildman–Crippen LogP) is 2.62. The van der Waals surface area contributed by atoms with Crippen LogP contribution in [0.25, 0.3) is 12.2 Å². The van der Waals surface area contributed by atoms with Gasteiger partial charge in [0.1, 0.15) is 0 Å². The van der Waals surface area contributed by atoms with Crippen molar-refractivity contribution in [1.82, 2.24) is 10.2 Å². The Morgan fingerprint density at radius 2 is 2.12 bits per heavy atom. The van der Waals surface area contributed by atoms with Gasteiger partial charge in [-0.15, -0.1) is 0 Å². The predicted molar refractivity (Wildman–Crippen MR) is 61.9 cm³/mol. The van der Waals surface area contributed by atoms with Gasteiger partial charge in [0, 0.05) is 10.9 Å². The largest absolute Gasteiger partial charge is 0.324 e. The Morgan fingerprint density at radius 1 is 1.25 bits per heavy atom. The Labute approximate surface area is 95.2 Å². The quantitative estimate of drug-likeness (QED) is 0.603. The van der Waals surface area contributed by atoms with Gasteiger partial charge in [0.25, 0.3) is 0 Å². The van der Waals surface area contributed by atoms with Crippen LogP contribution < -0.4 is 0 Å². The van der Waals surface area contributed by atoms with Gasteiger partial charge >= 0.3 is 5.00 Å². The molecule has 6 heteroatoms. The summed E-state index contributed by atoms with van der Waals surface area (Å²) in [5.41, 5.74) is 0.908. The molecule has 0 saturated carbocycles. The van der Waals surface area contributed by atoms with Crippen LogP contribution in [0.3, 0.4) is 0 Å². The zero-order valence-corrected chi connectivity index (χ0v) is 8.92. The molecule has 2 rings (SSSR count). The number of hydrogen-bond donors (Lipinski definition) is 0. The van der Waals surface area contributed by atoms with Crippen molar-refractivity contribution in [2.45, 2.75) is 0 Å². The maximum absolute atomic E-state index is 10.5. The third-order valence-corrected chi connectivity index (χ3v) is 2.84. The Morgan fingerprint density at radius 3 is 2.75 bits per heavy atom. The van der Waals surface area contributed by atoms with Gasteiger partial charge in [-0.1, -0.05) is 17.4 Å². The van der Waals surface area contributed by atoms with Crippen LogP contribution in [0.2, 0.25) is 0 Å². The number of nitrogens with zero attached hydrogens (tertiary/aromatic N) is 3. The minimum atomic E-state index is -0.393. The van der Waals surface area contributed by atoms with Gasteiger partial charge < -0.3 is 0 Å². The fourth-order valence-corrected chi connectivity index (χ4v) is 1.83. The average Bonchev–Trinajstić information content (AvgIpc) is 2.76. The lowest BCUT2D eigenvalue weighted by Crippen LogP contribution is -1.80. The van der Waals surface area contributed by atoms with Crippen LogP contribution >= 0.6 is 11.3 Å². The van der Waals surface area contributed by atoms with Crippen LogP contribution in [0.4, 0.5) is 5.00 Å². The minimum Gasteiger partial charge on any atom is -0.258 e. The molecule has 2 heterocycles. The van der Waals surface area contributed by atoms with Crippen molar-refractivity contribution < 1.29 is 4.92 Å². The number of aromatic nitrogens is 2. The highest BCUT2D eigenvalue weighted by Gasteiger charge is 2.07. The number of rotatable bonds is 3. The van der Waals surface area contributed by atoms with E-state index in [1.54, 1.807) is 18.5 Å². The summed E-state index contributed by atoms with van der Waals surface area (Å²) in [6.45, 7) is 0. The van der Waals surface area contributed by atoms with Gasteiger partial charge in [0.05, 0.1) is 17.3 Å². The van der Waals surface area contributed by atoms with E-state index in [0.29, 0.717) is 0 Å². The summed E-state index contributed by atoms with van der Waals surface area (Å²) in [6, 6.07) is 5.02. The van der Waals surface area contributed by atoms with E-state index in [1.165, 1.54) is 6.07 Å². The Hall–Kier alpha value is -2.08. The second-order valence-electron chi connectivity index (χ2n) is 2.94.